The van der Waals surface area contributed by atoms with Crippen molar-refractivity contribution in [2.24, 2.45) is 5.92 Å². The number of ether oxygens (including phenoxy) is 2. The summed E-state index contributed by atoms with van der Waals surface area (Å²) in [6.45, 7) is 0.462. The fourth-order valence-corrected chi connectivity index (χ4v) is 2.25. The normalized spacial score (nSPS) is 12.8. The Kier molecular flexibility index (Phi) is 8.32. The average Bonchev–Trinajstić information content (AvgIpc) is 2.68. The van der Waals surface area contributed by atoms with Crippen LogP contribution >= 0.6 is 0 Å². The van der Waals surface area contributed by atoms with Crippen molar-refractivity contribution in [1.29, 1.82) is 0 Å². The highest BCUT2D eigenvalue weighted by molar-refractivity contribution is 5.68. The first-order valence-electron chi connectivity index (χ1n) is 8.38. The summed E-state index contributed by atoms with van der Waals surface area (Å²) in [6, 6.07) is 18.8. The first kappa shape index (κ1) is 19.6. The minimum atomic E-state index is -1.01. The molecule has 0 saturated heterocycles. The van der Waals surface area contributed by atoms with Gasteiger partial charge in [-0.15, -0.1) is 0 Å². The lowest BCUT2D eigenvalue weighted by Gasteiger charge is -2.18. The van der Waals surface area contributed by atoms with E-state index in [9.17, 15) is 14.7 Å². The van der Waals surface area contributed by atoms with Crippen LogP contribution in [-0.2, 0) is 27.5 Å². The van der Waals surface area contributed by atoms with Crippen molar-refractivity contribution in [3.63, 3.8) is 0 Å². The van der Waals surface area contributed by atoms with Crippen LogP contribution in [0.5, 0.6) is 0 Å². The molecule has 0 bridgehead atoms. The molecule has 0 aliphatic heterocycles. The monoisotopic (exact) mass is 357 g/mol. The molecular weight excluding hydrogens is 334 g/mol. The zero-order valence-electron chi connectivity index (χ0n) is 14.4. The van der Waals surface area contributed by atoms with E-state index in [1.807, 2.05) is 60.7 Å². The van der Waals surface area contributed by atoms with Gasteiger partial charge in [-0.25, -0.2) is 4.79 Å². The number of amides is 1. The molecule has 2 aromatic rings. The Bertz CT molecular complexity index is 662. The van der Waals surface area contributed by atoms with Crippen LogP contribution in [0, 0.1) is 5.92 Å². The van der Waals surface area contributed by atoms with Crippen LogP contribution in [0.2, 0.25) is 0 Å². The lowest BCUT2D eigenvalue weighted by Crippen LogP contribution is -2.38. The van der Waals surface area contributed by atoms with Crippen molar-refractivity contribution < 1.29 is 24.2 Å². The minimum Gasteiger partial charge on any atom is -0.445 e. The van der Waals surface area contributed by atoms with E-state index >= 15 is 0 Å². The molecule has 6 nitrogen and oxygen atoms in total. The lowest BCUT2D eigenvalue weighted by molar-refractivity contribution is -0.115. The molecule has 0 spiro atoms. The molecule has 1 amide bonds. The fourth-order valence-electron chi connectivity index (χ4n) is 2.25. The van der Waals surface area contributed by atoms with E-state index in [4.69, 9.17) is 9.47 Å². The van der Waals surface area contributed by atoms with Crippen molar-refractivity contribution in [2.45, 2.75) is 19.3 Å². The number of aliphatic hydroxyl groups is 1. The maximum Gasteiger partial charge on any atom is 0.407 e. The van der Waals surface area contributed by atoms with Gasteiger partial charge in [-0.05, 0) is 11.1 Å². The molecule has 0 saturated carbocycles. The van der Waals surface area contributed by atoms with Crippen molar-refractivity contribution in [3.8, 4) is 0 Å². The van der Waals surface area contributed by atoms with Gasteiger partial charge in [0.15, 0.2) is 0 Å². The van der Waals surface area contributed by atoms with Gasteiger partial charge >= 0.3 is 6.09 Å². The first-order chi connectivity index (χ1) is 12.7. The molecule has 0 radical (unpaired) electrons. The number of benzene rings is 2. The van der Waals surface area contributed by atoms with Crippen LogP contribution in [0.1, 0.15) is 11.1 Å². The second kappa shape index (κ2) is 11.0. The number of aliphatic hydroxyl groups excluding tert-OH is 1. The molecule has 0 aliphatic carbocycles. The first-order valence-corrected chi connectivity index (χ1v) is 8.38. The Morgan fingerprint density at radius 1 is 1.00 bits per heavy atom. The highest BCUT2D eigenvalue weighted by Crippen LogP contribution is 2.05. The summed E-state index contributed by atoms with van der Waals surface area (Å²) >= 11 is 0. The molecule has 6 heteroatoms. The third kappa shape index (κ3) is 7.04. The number of aldehydes is 1. The van der Waals surface area contributed by atoms with E-state index in [1.165, 1.54) is 0 Å². The van der Waals surface area contributed by atoms with Crippen LogP contribution in [0.25, 0.3) is 0 Å². The zero-order chi connectivity index (χ0) is 18.6. The Hall–Kier alpha value is -2.70. The predicted molar refractivity (Wildman–Crippen MR) is 96.3 cm³/mol. The highest BCUT2D eigenvalue weighted by Gasteiger charge is 2.20. The third-order valence-electron chi connectivity index (χ3n) is 3.76. The van der Waals surface area contributed by atoms with E-state index in [1.54, 1.807) is 0 Å². The molecule has 2 atom stereocenters. The van der Waals surface area contributed by atoms with Gasteiger partial charge in [-0.3, -0.25) is 0 Å². The minimum absolute atomic E-state index is 0.000948. The summed E-state index contributed by atoms with van der Waals surface area (Å²) in [5.41, 5.74) is 1.84. The van der Waals surface area contributed by atoms with E-state index in [0.29, 0.717) is 12.9 Å². The van der Waals surface area contributed by atoms with Gasteiger partial charge in [0.05, 0.1) is 25.2 Å². The molecule has 0 heterocycles. The number of nitrogens with one attached hydrogen (secondary N) is 1. The van der Waals surface area contributed by atoms with Gasteiger partial charge in [0, 0.05) is 6.54 Å². The Balaban J connectivity index is 1.66. The second-order valence-corrected chi connectivity index (χ2v) is 5.81. The quantitative estimate of drug-likeness (QED) is 0.638. The number of rotatable bonds is 10. The molecule has 2 unspecified atom stereocenters. The van der Waals surface area contributed by atoms with Gasteiger partial charge in [-0.1, -0.05) is 60.7 Å². The van der Waals surface area contributed by atoms with Gasteiger partial charge in [-0.2, -0.15) is 0 Å². The topological polar surface area (TPSA) is 84.9 Å². The zero-order valence-corrected chi connectivity index (χ0v) is 14.4. The van der Waals surface area contributed by atoms with Crippen molar-refractivity contribution in [3.05, 3.63) is 71.8 Å². The van der Waals surface area contributed by atoms with Crippen molar-refractivity contribution >= 4 is 12.4 Å². The molecule has 2 N–H and O–H groups in total. The van der Waals surface area contributed by atoms with Gasteiger partial charge < -0.3 is 24.7 Å². The maximum atomic E-state index is 11.7. The predicted octanol–water partition coefficient (Wildman–Crippen LogP) is 2.31. The molecule has 2 aromatic carbocycles. The number of carbonyl (C=O) groups excluding carboxylic acids is 2. The van der Waals surface area contributed by atoms with Crippen molar-refractivity contribution in [2.75, 3.05) is 13.2 Å². The van der Waals surface area contributed by atoms with Gasteiger partial charge in [0.1, 0.15) is 12.9 Å². The number of carbonyl (C=O) groups is 2. The summed E-state index contributed by atoms with van der Waals surface area (Å²) in [7, 11) is 0. The number of hydrogen-bond acceptors (Lipinski definition) is 5. The van der Waals surface area contributed by atoms with Crippen molar-refractivity contribution in [1.82, 2.24) is 5.32 Å². The molecule has 2 rings (SSSR count). The van der Waals surface area contributed by atoms with E-state index < -0.39 is 18.1 Å². The fraction of sp³-hybridized carbons (Fsp3) is 0.300. The smallest absolute Gasteiger partial charge is 0.407 e. The average molecular weight is 357 g/mol. The molecule has 0 aliphatic rings. The summed E-state index contributed by atoms with van der Waals surface area (Å²) in [5.74, 6) is -0.768. The number of hydrogen-bond donors (Lipinski definition) is 2. The third-order valence-corrected chi connectivity index (χ3v) is 3.76. The van der Waals surface area contributed by atoms with E-state index in [2.05, 4.69) is 5.32 Å². The molecular formula is C20H23NO5. The largest absolute Gasteiger partial charge is 0.445 e. The van der Waals surface area contributed by atoms with Gasteiger partial charge in [0.25, 0.3) is 0 Å². The Morgan fingerprint density at radius 3 is 2.15 bits per heavy atom. The highest BCUT2D eigenvalue weighted by atomic mass is 16.5. The summed E-state index contributed by atoms with van der Waals surface area (Å²) < 4.78 is 10.5. The van der Waals surface area contributed by atoms with Crippen LogP contribution in [-0.4, -0.2) is 36.7 Å². The lowest BCUT2D eigenvalue weighted by atomic mass is 10.1. The van der Waals surface area contributed by atoms with E-state index in [-0.39, 0.29) is 19.8 Å². The molecule has 0 aromatic heterocycles. The number of alkyl carbamates (subject to hydrolysis) is 1. The summed E-state index contributed by atoms with van der Waals surface area (Å²) in [5, 5.41) is 12.5. The summed E-state index contributed by atoms with van der Waals surface area (Å²) in [6.07, 6.45) is -1.04. The Labute approximate surface area is 152 Å². The molecule has 26 heavy (non-hydrogen) atoms. The van der Waals surface area contributed by atoms with Crippen LogP contribution in [0.15, 0.2) is 60.7 Å². The maximum absolute atomic E-state index is 11.7. The second-order valence-electron chi connectivity index (χ2n) is 5.81. The van der Waals surface area contributed by atoms with Crippen LogP contribution in [0.3, 0.4) is 0 Å². The molecule has 138 valence electrons. The molecule has 0 fully saturated rings. The van der Waals surface area contributed by atoms with Crippen LogP contribution < -0.4 is 5.32 Å². The van der Waals surface area contributed by atoms with E-state index in [0.717, 1.165) is 11.1 Å². The Morgan fingerprint density at radius 2 is 1.58 bits per heavy atom. The summed E-state index contributed by atoms with van der Waals surface area (Å²) in [4.78, 5) is 22.9. The SMILES string of the molecule is O=CC(CNC(=O)OCc1ccccc1)C(O)COCc1ccccc1. The standard InChI is InChI=1S/C20H23NO5/c22-12-18(19(23)15-25-13-16-7-3-1-4-8-16)11-21-20(24)26-14-17-9-5-2-6-10-17/h1-10,12,18-19,23H,11,13-15H2,(H,21,24). The van der Waals surface area contributed by atoms with Crippen LogP contribution in [0.4, 0.5) is 4.79 Å². The van der Waals surface area contributed by atoms with Gasteiger partial charge in [0.2, 0.25) is 0 Å².